The summed E-state index contributed by atoms with van der Waals surface area (Å²) in [6.07, 6.45) is 3.57. The molecule has 3 aliphatic heterocycles. The van der Waals surface area contributed by atoms with E-state index in [2.05, 4.69) is 32.3 Å². The van der Waals surface area contributed by atoms with Crippen molar-refractivity contribution in [3.8, 4) is 0 Å². The van der Waals surface area contributed by atoms with E-state index in [1.807, 2.05) is 86.9 Å². The Labute approximate surface area is 289 Å². The van der Waals surface area contributed by atoms with Crippen molar-refractivity contribution in [2.45, 2.75) is 76.0 Å². The summed E-state index contributed by atoms with van der Waals surface area (Å²) in [6.45, 7) is 6.67. The second-order valence-corrected chi connectivity index (χ2v) is 18.6. The number of aliphatic hydroxyl groups excluding tert-OH is 1. The summed E-state index contributed by atoms with van der Waals surface area (Å²) in [7, 11) is -2.84. The molecule has 1 fully saturated rings. The highest BCUT2D eigenvalue weighted by Crippen LogP contribution is 2.60. The van der Waals surface area contributed by atoms with Gasteiger partial charge in [-0.25, -0.2) is 0 Å². The number of hydrogen-bond donors (Lipinski definition) is 2. The van der Waals surface area contributed by atoms with Crippen LogP contribution in [0.4, 0.5) is 17.1 Å². The maximum absolute atomic E-state index is 14.9. The Bertz CT molecular complexity index is 1880. The molecule has 0 aliphatic carbocycles. The van der Waals surface area contributed by atoms with Crippen molar-refractivity contribution in [3.63, 3.8) is 0 Å². The molecule has 10 nitrogen and oxygen atoms in total. The molecule has 4 heterocycles. The molecule has 1 spiro atoms. The number of anilines is 3. The first kappa shape index (κ1) is 32.8. The van der Waals surface area contributed by atoms with E-state index in [-0.39, 0.29) is 36.0 Å². The predicted molar refractivity (Wildman–Crippen MR) is 188 cm³/mol. The number of aliphatic hydroxyl groups is 1. The standard InChI is InChI=1S/C36H40BrN5O5Si/c1-23-34(48(2,3)46)32(15-17-40-22-27(16-18-43)38-39-40)47-36(23)29-20-26(37)12-13-31(29)41(35(36)45)21-24-7-6-9-28(19-24)42-30-10-5-4-8-25(30)11-14-33(42)44/h4-10,12-13,19-20,22-23,32,34,43,46H,11,14-18,21H2,1-3H3/t23-,32+,34-,36+/m0/s1. The average Bonchev–Trinajstić information content (AvgIpc) is 3.70. The molecule has 7 rings (SSSR count). The smallest absolute Gasteiger partial charge is 0.264 e. The van der Waals surface area contributed by atoms with Crippen molar-refractivity contribution < 1.29 is 24.2 Å². The first-order valence-corrected chi connectivity index (χ1v) is 20.3. The molecular weight excluding hydrogens is 690 g/mol. The van der Waals surface area contributed by atoms with Crippen LogP contribution in [0.3, 0.4) is 0 Å². The van der Waals surface area contributed by atoms with E-state index in [1.165, 1.54) is 0 Å². The molecule has 250 valence electrons. The van der Waals surface area contributed by atoms with Crippen molar-refractivity contribution in [2.75, 3.05) is 16.4 Å². The van der Waals surface area contributed by atoms with Crippen LogP contribution in [0, 0.1) is 5.92 Å². The Morgan fingerprint density at radius 3 is 2.65 bits per heavy atom. The van der Waals surface area contributed by atoms with Gasteiger partial charge in [0.05, 0.1) is 29.7 Å². The maximum atomic E-state index is 14.9. The molecule has 4 atom stereocenters. The third kappa shape index (κ3) is 5.63. The van der Waals surface area contributed by atoms with Gasteiger partial charge in [0.25, 0.3) is 5.91 Å². The highest BCUT2D eigenvalue weighted by molar-refractivity contribution is 9.10. The fraction of sp³-hybridized carbons (Fsp3) is 0.389. The van der Waals surface area contributed by atoms with Gasteiger partial charge in [-0.15, -0.1) is 5.10 Å². The number of halogens is 1. The van der Waals surface area contributed by atoms with Crippen LogP contribution >= 0.6 is 15.9 Å². The summed E-state index contributed by atoms with van der Waals surface area (Å²) in [4.78, 5) is 43.3. The molecule has 3 aromatic carbocycles. The zero-order valence-corrected chi connectivity index (χ0v) is 29.9. The lowest BCUT2D eigenvalue weighted by Gasteiger charge is -2.32. The van der Waals surface area contributed by atoms with Crippen molar-refractivity contribution in [1.29, 1.82) is 0 Å². The molecular formula is C36H40BrN5O5Si. The van der Waals surface area contributed by atoms with E-state index in [0.717, 1.165) is 44.6 Å². The first-order chi connectivity index (χ1) is 23.0. The summed E-state index contributed by atoms with van der Waals surface area (Å²) in [5.74, 6) is -0.396. The number of carbonyl (C=O) groups is 2. The number of para-hydroxylation sites is 1. The van der Waals surface area contributed by atoms with Crippen molar-refractivity contribution >= 4 is 53.1 Å². The van der Waals surface area contributed by atoms with Crippen molar-refractivity contribution in [1.82, 2.24) is 15.0 Å². The van der Waals surface area contributed by atoms with Crippen LogP contribution in [0.15, 0.2) is 77.4 Å². The van der Waals surface area contributed by atoms with E-state index in [4.69, 9.17) is 4.74 Å². The molecule has 4 aromatic rings. The molecule has 3 aliphatic rings. The SMILES string of the molecule is C[C@H]1[C@H]([Si](C)(C)O)[C@@H](CCn2cc(CCO)nn2)O[C@]12C(=O)N(Cc1cccc(N3C(=O)CCc4ccccc43)c1)c1ccc(Br)cc12. The summed E-state index contributed by atoms with van der Waals surface area (Å²) >= 11 is 3.64. The van der Waals surface area contributed by atoms with Crippen molar-refractivity contribution in [2.24, 2.45) is 5.92 Å². The zero-order chi connectivity index (χ0) is 33.8. The van der Waals surface area contributed by atoms with E-state index >= 15 is 0 Å². The fourth-order valence-electron chi connectivity index (χ4n) is 8.10. The van der Waals surface area contributed by atoms with Crippen LogP contribution in [0.25, 0.3) is 0 Å². The van der Waals surface area contributed by atoms with E-state index in [9.17, 15) is 19.5 Å². The summed E-state index contributed by atoms with van der Waals surface area (Å²) in [5, 5.41) is 17.6. The number of nitrogens with zero attached hydrogens (tertiary/aromatic N) is 5. The molecule has 0 saturated carbocycles. The molecule has 1 saturated heterocycles. The Morgan fingerprint density at radius 1 is 1.04 bits per heavy atom. The Morgan fingerprint density at radius 2 is 1.85 bits per heavy atom. The zero-order valence-electron chi connectivity index (χ0n) is 27.3. The van der Waals surface area contributed by atoms with Gasteiger partial charge in [0.1, 0.15) is 0 Å². The lowest BCUT2D eigenvalue weighted by Crippen LogP contribution is -2.46. The predicted octanol–water partition coefficient (Wildman–Crippen LogP) is 5.62. The number of ether oxygens (including phenoxy) is 1. The summed E-state index contributed by atoms with van der Waals surface area (Å²) in [5.41, 5.74) is 4.49. The normalized spacial score (nSPS) is 23.7. The largest absolute Gasteiger partial charge is 0.432 e. The third-order valence-corrected chi connectivity index (χ3v) is 13.1. The minimum Gasteiger partial charge on any atom is -0.432 e. The number of rotatable bonds is 9. The maximum Gasteiger partial charge on any atom is 0.264 e. The number of aryl methyl sites for hydroxylation is 2. The molecule has 2 amide bonds. The van der Waals surface area contributed by atoms with Crippen LogP contribution in [-0.2, 0) is 45.9 Å². The monoisotopic (exact) mass is 729 g/mol. The number of benzene rings is 3. The van der Waals surface area contributed by atoms with Crippen molar-refractivity contribution in [3.05, 3.63) is 99.8 Å². The number of aromatic nitrogens is 3. The topological polar surface area (TPSA) is 121 Å². The van der Waals surface area contributed by atoms with Crippen LogP contribution in [0.1, 0.15) is 42.1 Å². The number of carbonyl (C=O) groups excluding carboxylic acids is 2. The van der Waals surface area contributed by atoms with E-state index in [1.54, 1.807) is 14.5 Å². The highest BCUT2D eigenvalue weighted by Gasteiger charge is 2.66. The van der Waals surface area contributed by atoms with Gasteiger partial charge in [0.2, 0.25) is 5.91 Å². The molecule has 0 bridgehead atoms. The molecule has 2 N–H and O–H groups in total. The summed E-state index contributed by atoms with van der Waals surface area (Å²) in [6, 6.07) is 21.7. The van der Waals surface area contributed by atoms with Gasteiger partial charge in [0.15, 0.2) is 13.9 Å². The average molecular weight is 731 g/mol. The van der Waals surface area contributed by atoms with Crippen LogP contribution in [0.2, 0.25) is 18.6 Å². The molecule has 0 radical (unpaired) electrons. The quantitative estimate of drug-likeness (QED) is 0.215. The number of amides is 2. The minimum atomic E-state index is -2.84. The second-order valence-electron chi connectivity index (χ2n) is 13.7. The lowest BCUT2D eigenvalue weighted by atomic mass is 9.82. The number of fused-ring (bicyclic) bond motifs is 3. The molecule has 12 heteroatoms. The summed E-state index contributed by atoms with van der Waals surface area (Å²) < 4.78 is 9.56. The van der Waals surface area contributed by atoms with Crippen LogP contribution in [0.5, 0.6) is 0 Å². The Balaban J connectivity index is 1.21. The Hall–Kier alpha value is -3.68. The van der Waals surface area contributed by atoms with Gasteiger partial charge in [-0.1, -0.05) is 58.4 Å². The highest BCUT2D eigenvalue weighted by atomic mass is 79.9. The van der Waals surface area contributed by atoms with Gasteiger partial charge in [-0.05, 0) is 73.5 Å². The van der Waals surface area contributed by atoms with E-state index < -0.39 is 13.9 Å². The third-order valence-electron chi connectivity index (χ3n) is 10.1. The minimum absolute atomic E-state index is 0.000941. The van der Waals surface area contributed by atoms with E-state index in [0.29, 0.717) is 38.0 Å². The van der Waals surface area contributed by atoms with Crippen LogP contribution < -0.4 is 9.80 Å². The van der Waals surface area contributed by atoms with Gasteiger partial charge in [-0.3, -0.25) is 19.2 Å². The molecule has 48 heavy (non-hydrogen) atoms. The fourth-order valence-corrected chi connectivity index (χ4v) is 11.1. The Kier molecular flexibility index (Phi) is 8.65. The number of hydrogen-bond acceptors (Lipinski definition) is 7. The van der Waals surface area contributed by atoms with Gasteiger partial charge < -0.3 is 19.5 Å². The molecule has 1 aromatic heterocycles. The lowest BCUT2D eigenvalue weighted by molar-refractivity contribution is -0.146. The van der Waals surface area contributed by atoms with Crippen LogP contribution in [-0.4, -0.2) is 57.7 Å². The second kappa shape index (κ2) is 12.6. The van der Waals surface area contributed by atoms with Gasteiger partial charge >= 0.3 is 0 Å². The molecule has 0 unspecified atom stereocenters. The van der Waals surface area contributed by atoms with Gasteiger partial charge in [0, 0.05) is 59.4 Å². The van der Waals surface area contributed by atoms with Gasteiger partial charge in [-0.2, -0.15) is 0 Å². The first-order valence-electron chi connectivity index (χ1n) is 16.5.